The fourth-order valence-corrected chi connectivity index (χ4v) is 3.22. The topological polar surface area (TPSA) is 49.8 Å². The molecule has 4 nitrogen and oxygen atoms in total. The fourth-order valence-electron chi connectivity index (χ4n) is 3.04. The number of halogens is 1. The molecule has 3 rings (SSSR count). The zero-order chi connectivity index (χ0) is 14.5. The maximum atomic E-state index is 12.1. The number of hydrogen-bond acceptors (Lipinski definition) is 3. The second kappa shape index (κ2) is 4.64. The van der Waals surface area contributed by atoms with Gasteiger partial charge in [0.05, 0.1) is 6.04 Å². The predicted molar refractivity (Wildman–Crippen MR) is 75.9 cm³/mol. The van der Waals surface area contributed by atoms with Crippen LogP contribution in [0.3, 0.4) is 0 Å². The number of aliphatic hydroxyl groups excluding tert-OH is 1. The molecule has 2 atom stereocenters. The zero-order valence-corrected chi connectivity index (χ0v) is 12.4. The summed E-state index contributed by atoms with van der Waals surface area (Å²) in [6, 6.07) is 4.96. The molecule has 108 valence electrons. The zero-order valence-electron chi connectivity index (χ0n) is 11.6. The Labute approximate surface area is 123 Å². The normalized spacial score (nSPS) is 28.2. The van der Waals surface area contributed by atoms with Gasteiger partial charge in [-0.3, -0.25) is 4.79 Å². The second-order valence-corrected chi connectivity index (χ2v) is 6.40. The second-order valence-electron chi connectivity index (χ2n) is 5.97. The number of ether oxygens (including phenoxy) is 1. The van der Waals surface area contributed by atoms with Crippen LogP contribution < -0.4 is 4.74 Å². The van der Waals surface area contributed by atoms with Crippen molar-refractivity contribution in [2.45, 2.75) is 44.4 Å². The van der Waals surface area contributed by atoms with Gasteiger partial charge in [0.2, 0.25) is 5.91 Å². The first-order valence-electron chi connectivity index (χ1n) is 6.86. The van der Waals surface area contributed by atoms with E-state index in [0.29, 0.717) is 23.7 Å². The van der Waals surface area contributed by atoms with Gasteiger partial charge in [0.25, 0.3) is 0 Å². The summed E-state index contributed by atoms with van der Waals surface area (Å²) in [7, 11) is 0. The molecule has 0 unspecified atom stereocenters. The Morgan fingerprint density at radius 3 is 2.85 bits per heavy atom. The lowest BCUT2D eigenvalue weighted by atomic mass is 9.85. The van der Waals surface area contributed by atoms with Crippen LogP contribution in [0.5, 0.6) is 5.75 Å². The molecule has 0 saturated carbocycles. The molecule has 2 aliphatic rings. The molecule has 1 saturated heterocycles. The number of benzene rings is 1. The molecule has 1 aromatic rings. The van der Waals surface area contributed by atoms with Crippen molar-refractivity contribution >= 4 is 17.5 Å². The van der Waals surface area contributed by atoms with Gasteiger partial charge in [-0.2, -0.15) is 0 Å². The maximum absolute atomic E-state index is 12.1. The highest BCUT2D eigenvalue weighted by atomic mass is 35.5. The molecule has 0 aliphatic carbocycles. The maximum Gasteiger partial charge on any atom is 0.223 e. The largest absolute Gasteiger partial charge is 0.485 e. The average Bonchev–Trinajstić information content (AvgIpc) is 2.78. The Hall–Kier alpha value is -1.26. The third-order valence-electron chi connectivity index (χ3n) is 4.12. The smallest absolute Gasteiger partial charge is 0.223 e. The SMILES string of the molecule is CC1(C)Oc2ccc(Cl)cc2[C@@H](N2CCCC2=O)[C@@H]1O. The molecule has 0 bridgehead atoms. The summed E-state index contributed by atoms with van der Waals surface area (Å²) in [6.07, 6.45) is 0.593. The molecule has 1 aromatic carbocycles. The van der Waals surface area contributed by atoms with Crippen molar-refractivity contribution in [1.29, 1.82) is 0 Å². The molecular weight excluding hydrogens is 278 g/mol. The number of hydrogen-bond donors (Lipinski definition) is 1. The van der Waals surface area contributed by atoms with Crippen LogP contribution in [-0.2, 0) is 4.79 Å². The molecule has 1 fully saturated rings. The highest BCUT2D eigenvalue weighted by Gasteiger charge is 2.47. The van der Waals surface area contributed by atoms with Crippen molar-refractivity contribution in [3.63, 3.8) is 0 Å². The van der Waals surface area contributed by atoms with Gasteiger partial charge in [0.1, 0.15) is 17.5 Å². The van der Waals surface area contributed by atoms with E-state index in [0.717, 1.165) is 12.0 Å². The van der Waals surface area contributed by atoms with Gasteiger partial charge in [-0.1, -0.05) is 11.6 Å². The van der Waals surface area contributed by atoms with E-state index >= 15 is 0 Å². The minimum Gasteiger partial charge on any atom is -0.485 e. The van der Waals surface area contributed by atoms with Gasteiger partial charge in [0.15, 0.2) is 0 Å². The van der Waals surface area contributed by atoms with E-state index in [4.69, 9.17) is 16.3 Å². The predicted octanol–water partition coefficient (Wildman–Crippen LogP) is 2.54. The fraction of sp³-hybridized carbons (Fsp3) is 0.533. The summed E-state index contributed by atoms with van der Waals surface area (Å²) in [6.45, 7) is 4.34. The lowest BCUT2D eigenvalue weighted by Gasteiger charge is -2.45. The van der Waals surface area contributed by atoms with Crippen LogP contribution in [0.15, 0.2) is 18.2 Å². The molecule has 2 aliphatic heterocycles. The van der Waals surface area contributed by atoms with Crippen LogP contribution in [0.25, 0.3) is 0 Å². The van der Waals surface area contributed by atoms with Gasteiger partial charge in [-0.25, -0.2) is 0 Å². The van der Waals surface area contributed by atoms with Gasteiger partial charge in [0, 0.05) is 23.6 Å². The third-order valence-corrected chi connectivity index (χ3v) is 4.36. The summed E-state index contributed by atoms with van der Waals surface area (Å²) < 4.78 is 5.86. The van der Waals surface area contributed by atoms with Crippen molar-refractivity contribution in [2.24, 2.45) is 0 Å². The van der Waals surface area contributed by atoms with E-state index in [1.807, 2.05) is 13.8 Å². The van der Waals surface area contributed by atoms with E-state index in [-0.39, 0.29) is 11.9 Å². The Balaban J connectivity index is 2.10. The number of carbonyl (C=O) groups is 1. The van der Waals surface area contributed by atoms with Gasteiger partial charge < -0.3 is 14.7 Å². The highest BCUT2D eigenvalue weighted by molar-refractivity contribution is 6.30. The molecule has 1 N–H and O–H groups in total. The number of amides is 1. The molecule has 2 heterocycles. The van der Waals surface area contributed by atoms with E-state index in [2.05, 4.69) is 0 Å². The quantitative estimate of drug-likeness (QED) is 0.866. The average molecular weight is 296 g/mol. The summed E-state index contributed by atoms with van der Waals surface area (Å²) in [5, 5.41) is 11.2. The van der Waals surface area contributed by atoms with Crippen LogP contribution in [0.2, 0.25) is 5.02 Å². The summed E-state index contributed by atoms with van der Waals surface area (Å²) >= 11 is 6.06. The van der Waals surface area contributed by atoms with Crippen LogP contribution >= 0.6 is 11.6 Å². The van der Waals surface area contributed by atoms with Crippen molar-refractivity contribution in [2.75, 3.05) is 6.54 Å². The van der Waals surface area contributed by atoms with E-state index in [1.165, 1.54) is 0 Å². The molecule has 20 heavy (non-hydrogen) atoms. The first-order valence-corrected chi connectivity index (χ1v) is 7.24. The van der Waals surface area contributed by atoms with Gasteiger partial charge in [-0.15, -0.1) is 0 Å². The Kier molecular flexibility index (Phi) is 3.18. The summed E-state index contributed by atoms with van der Waals surface area (Å²) in [5.41, 5.74) is 0.0496. The molecule has 0 aromatic heterocycles. The Morgan fingerprint density at radius 1 is 1.45 bits per heavy atom. The minimum atomic E-state index is -0.782. The number of rotatable bonds is 1. The monoisotopic (exact) mass is 295 g/mol. The van der Waals surface area contributed by atoms with Crippen molar-refractivity contribution in [3.05, 3.63) is 28.8 Å². The minimum absolute atomic E-state index is 0.0812. The van der Waals surface area contributed by atoms with Crippen LogP contribution in [0.1, 0.15) is 38.3 Å². The highest BCUT2D eigenvalue weighted by Crippen LogP contribution is 2.44. The Bertz CT molecular complexity index is 558. The number of fused-ring (bicyclic) bond motifs is 1. The first kappa shape index (κ1) is 13.7. The third kappa shape index (κ3) is 2.07. The first-order chi connectivity index (χ1) is 9.40. The molecule has 0 radical (unpaired) electrons. The lowest BCUT2D eigenvalue weighted by molar-refractivity contribution is -0.139. The van der Waals surface area contributed by atoms with Crippen LogP contribution in [0, 0.1) is 0 Å². The molecule has 5 heteroatoms. The van der Waals surface area contributed by atoms with Crippen molar-refractivity contribution < 1.29 is 14.6 Å². The van der Waals surface area contributed by atoms with Gasteiger partial charge in [-0.05, 0) is 38.5 Å². The number of carbonyl (C=O) groups excluding carboxylic acids is 1. The number of aliphatic hydroxyl groups is 1. The Morgan fingerprint density at radius 2 is 2.20 bits per heavy atom. The van der Waals surface area contributed by atoms with Gasteiger partial charge >= 0.3 is 0 Å². The van der Waals surface area contributed by atoms with Crippen molar-refractivity contribution in [1.82, 2.24) is 4.90 Å². The standard InChI is InChI=1S/C15H18ClNO3/c1-15(2)14(19)13(17-7-3-4-12(17)18)10-8-9(16)5-6-11(10)20-15/h5-6,8,13-14,19H,3-4,7H2,1-2H3/t13-,14+/m1/s1. The number of likely N-dealkylation sites (tertiary alicyclic amines) is 1. The van der Waals surface area contributed by atoms with Crippen molar-refractivity contribution in [3.8, 4) is 5.75 Å². The molecule has 1 amide bonds. The molecule has 0 spiro atoms. The number of nitrogens with zero attached hydrogens (tertiary/aromatic N) is 1. The van der Waals surface area contributed by atoms with Crippen LogP contribution in [-0.4, -0.2) is 34.2 Å². The summed E-state index contributed by atoms with van der Waals surface area (Å²) in [5.74, 6) is 0.770. The van der Waals surface area contributed by atoms with Crippen LogP contribution in [0.4, 0.5) is 0 Å². The summed E-state index contributed by atoms with van der Waals surface area (Å²) in [4.78, 5) is 13.8. The lowest BCUT2D eigenvalue weighted by Crippen LogP contribution is -2.53. The van der Waals surface area contributed by atoms with E-state index in [1.54, 1.807) is 23.1 Å². The van der Waals surface area contributed by atoms with E-state index in [9.17, 15) is 9.90 Å². The van der Waals surface area contributed by atoms with E-state index < -0.39 is 11.7 Å². The molecular formula is C15H18ClNO3.